The Morgan fingerprint density at radius 1 is 1.38 bits per heavy atom. The molecule has 0 aliphatic rings. The Morgan fingerprint density at radius 2 is 2.05 bits per heavy atom. The van der Waals surface area contributed by atoms with Crippen LogP contribution in [0.4, 0.5) is 0 Å². The highest BCUT2D eigenvalue weighted by atomic mass is 32.2. The van der Waals surface area contributed by atoms with Crippen molar-refractivity contribution in [3.63, 3.8) is 0 Å². The van der Waals surface area contributed by atoms with E-state index in [2.05, 4.69) is 10.2 Å². The number of carbonyl (C=O) groups excluding carboxylic acids is 1. The summed E-state index contributed by atoms with van der Waals surface area (Å²) in [6.45, 7) is 4.48. The van der Waals surface area contributed by atoms with E-state index >= 15 is 0 Å². The summed E-state index contributed by atoms with van der Waals surface area (Å²) in [5, 5.41) is 8.73. The summed E-state index contributed by atoms with van der Waals surface area (Å²) in [5.74, 6) is 1.19. The largest absolute Gasteiger partial charge is 0.497 e. The number of nitrogens with two attached hydrogens (primary N) is 1. The van der Waals surface area contributed by atoms with Crippen LogP contribution < -0.4 is 10.5 Å². The van der Waals surface area contributed by atoms with Gasteiger partial charge in [0.25, 0.3) is 0 Å². The third-order valence-corrected chi connectivity index (χ3v) is 4.16. The van der Waals surface area contributed by atoms with E-state index in [4.69, 9.17) is 10.5 Å². The molecule has 0 spiro atoms. The van der Waals surface area contributed by atoms with Crippen LogP contribution in [-0.4, -0.2) is 33.0 Å². The van der Waals surface area contributed by atoms with Gasteiger partial charge < -0.3 is 15.0 Å². The number of primary amides is 1. The zero-order chi connectivity index (χ0) is 15.4. The summed E-state index contributed by atoms with van der Waals surface area (Å²) < 4.78 is 7.11. The number of methoxy groups -OCH3 is 1. The molecule has 0 aliphatic heterocycles. The summed E-state index contributed by atoms with van der Waals surface area (Å²) in [4.78, 5) is 11.2. The first-order chi connectivity index (χ1) is 10.1. The second-order valence-corrected chi connectivity index (χ2v) is 5.75. The Hall–Kier alpha value is -2.02. The van der Waals surface area contributed by atoms with E-state index in [0.717, 1.165) is 17.1 Å². The number of rotatable bonds is 6. The van der Waals surface area contributed by atoms with Crippen molar-refractivity contribution in [2.45, 2.75) is 30.8 Å². The molecule has 1 amide bonds. The molecule has 21 heavy (non-hydrogen) atoms. The maximum atomic E-state index is 11.2. The van der Waals surface area contributed by atoms with Crippen LogP contribution in [-0.2, 0) is 11.3 Å². The van der Waals surface area contributed by atoms with E-state index in [1.807, 2.05) is 35.8 Å². The molecule has 2 aromatic rings. The summed E-state index contributed by atoms with van der Waals surface area (Å²) in [7, 11) is 1.63. The number of hydrogen-bond acceptors (Lipinski definition) is 5. The second-order valence-electron chi connectivity index (χ2n) is 4.44. The lowest BCUT2D eigenvalue weighted by Gasteiger charge is -2.09. The van der Waals surface area contributed by atoms with E-state index in [1.165, 1.54) is 11.8 Å². The maximum Gasteiger partial charge on any atom is 0.230 e. The van der Waals surface area contributed by atoms with E-state index in [9.17, 15) is 4.79 Å². The van der Waals surface area contributed by atoms with Crippen LogP contribution in [0.5, 0.6) is 5.75 Å². The number of carbonyl (C=O) groups is 1. The molecule has 1 unspecified atom stereocenters. The van der Waals surface area contributed by atoms with Gasteiger partial charge in [-0.05, 0) is 38.1 Å². The molecule has 2 rings (SSSR count). The van der Waals surface area contributed by atoms with Crippen LogP contribution >= 0.6 is 11.8 Å². The Labute approximate surface area is 127 Å². The molecule has 1 aromatic carbocycles. The van der Waals surface area contributed by atoms with Crippen molar-refractivity contribution in [3.05, 3.63) is 24.3 Å². The molecule has 112 valence electrons. The first-order valence-corrected chi connectivity index (χ1v) is 7.48. The van der Waals surface area contributed by atoms with Gasteiger partial charge in [0.15, 0.2) is 11.0 Å². The first kappa shape index (κ1) is 15.4. The number of amides is 1. The SMILES string of the molecule is CCn1c(SC(C)C(N)=O)nnc1-c1ccc(OC)cc1. The zero-order valence-corrected chi connectivity index (χ0v) is 13.1. The van der Waals surface area contributed by atoms with Crippen molar-refractivity contribution in [1.29, 1.82) is 0 Å². The van der Waals surface area contributed by atoms with Crippen LogP contribution in [0.2, 0.25) is 0 Å². The number of ether oxygens (including phenoxy) is 1. The molecule has 7 heteroatoms. The summed E-state index contributed by atoms with van der Waals surface area (Å²) in [6, 6.07) is 7.62. The molecule has 1 aromatic heterocycles. The monoisotopic (exact) mass is 306 g/mol. The lowest BCUT2D eigenvalue weighted by molar-refractivity contribution is -0.117. The van der Waals surface area contributed by atoms with Crippen LogP contribution in [0.25, 0.3) is 11.4 Å². The highest BCUT2D eigenvalue weighted by Gasteiger charge is 2.18. The maximum absolute atomic E-state index is 11.2. The van der Waals surface area contributed by atoms with Crippen molar-refractivity contribution in [3.8, 4) is 17.1 Å². The van der Waals surface area contributed by atoms with Gasteiger partial charge in [-0.2, -0.15) is 0 Å². The minimum Gasteiger partial charge on any atom is -0.497 e. The molecule has 0 saturated heterocycles. The molecule has 0 bridgehead atoms. The Balaban J connectivity index is 2.32. The Morgan fingerprint density at radius 3 is 2.57 bits per heavy atom. The van der Waals surface area contributed by atoms with Crippen LogP contribution in [0.1, 0.15) is 13.8 Å². The molecule has 1 atom stereocenters. The third-order valence-electron chi connectivity index (χ3n) is 3.06. The average Bonchev–Trinajstić information content (AvgIpc) is 2.89. The first-order valence-electron chi connectivity index (χ1n) is 6.60. The molecular formula is C14H18N4O2S. The Kier molecular flexibility index (Phi) is 4.85. The quantitative estimate of drug-likeness (QED) is 0.825. The number of hydrogen-bond donors (Lipinski definition) is 1. The summed E-state index contributed by atoms with van der Waals surface area (Å²) >= 11 is 1.32. The van der Waals surface area contributed by atoms with Crippen molar-refractivity contribution < 1.29 is 9.53 Å². The van der Waals surface area contributed by atoms with Gasteiger partial charge >= 0.3 is 0 Å². The fraction of sp³-hybridized carbons (Fsp3) is 0.357. The topological polar surface area (TPSA) is 83.0 Å². The minimum atomic E-state index is -0.364. The molecular weight excluding hydrogens is 288 g/mol. The minimum absolute atomic E-state index is 0.344. The summed E-state index contributed by atoms with van der Waals surface area (Å²) in [6.07, 6.45) is 0. The molecule has 6 nitrogen and oxygen atoms in total. The second kappa shape index (κ2) is 6.62. The van der Waals surface area contributed by atoms with Gasteiger partial charge in [0.05, 0.1) is 12.4 Å². The van der Waals surface area contributed by atoms with Gasteiger partial charge in [-0.1, -0.05) is 11.8 Å². The fourth-order valence-electron chi connectivity index (χ4n) is 1.83. The number of thioether (sulfide) groups is 1. The van der Waals surface area contributed by atoms with Crippen LogP contribution in [0.3, 0.4) is 0 Å². The highest BCUT2D eigenvalue weighted by molar-refractivity contribution is 8.00. The number of aromatic nitrogens is 3. The average molecular weight is 306 g/mol. The van der Waals surface area contributed by atoms with Gasteiger partial charge in [0.1, 0.15) is 5.75 Å². The number of nitrogens with zero attached hydrogens (tertiary/aromatic N) is 3. The van der Waals surface area contributed by atoms with Crippen molar-refractivity contribution >= 4 is 17.7 Å². The van der Waals surface area contributed by atoms with Gasteiger partial charge in [0, 0.05) is 12.1 Å². The third kappa shape index (κ3) is 3.36. The normalized spacial score (nSPS) is 12.1. The lowest BCUT2D eigenvalue weighted by atomic mass is 10.2. The van der Waals surface area contributed by atoms with Crippen LogP contribution in [0.15, 0.2) is 29.4 Å². The van der Waals surface area contributed by atoms with Crippen molar-refractivity contribution in [1.82, 2.24) is 14.8 Å². The molecule has 0 aliphatic carbocycles. The Bertz CT molecular complexity index is 624. The van der Waals surface area contributed by atoms with E-state index in [1.54, 1.807) is 14.0 Å². The zero-order valence-electron chi connectivity index (χ0n) is 12.2. The van der Waals surface area contributed by atoms with E-state index in [-0.39, 0.29) is 11.2 Å². The van der Waals surface area contributed by atoms with Gasteiger partial charge in [-0.15, -0.1) is 10.2 Å². The van der Waals surface area contributed by atoms with Crippen molar-refractivity contribution in [2.75, 3.05) is 7.11 Å². The van der Waals surface area contributed by atoms with Gasteiger partial charge in [0.2, 0.25) is 5.91 Å². The molecule has 0 fully saturated rings. The smallest absolute Gasteiger partial charge is 0.230 e. The highest BCUT2D eigenvalue weighted by Crippen LogP contribution is 2.27. The van der Waals surface area contributed by atoms with Gasteiger partial charge in [-0.3, -0.25) is 4.79 Å². The lowest BCUT2D eigenvalue weighted by Crippen LogP contribution is -2.23. The van der Waals surface area contributed by atoms with Crippen LogP contribution in [0, 0.1) is 0 Å². The molecule has 0 radical (unpaired) electrons. The molecule has 0 saturated carbocycles. The van der Waals surface area contributed by atoms with Crippen molar-refractivity contribution in [2.24, 2.45) is 5.73 Å². The summed E-state index contributed by atoms with van der Waals surface area (Å²) in [5.41, 5.74) is 6.24. The predicted molar refractivity (Wildman–Crippen MR) is 82.2 cm³/mol. The molecule has 2 N–H and O–H groups in total. The van der Waals surface area contributed by atoms with Gasteiger partial charge in [-0.25, -0.2) is 0 Å². The number of benzene rings is 1. The van der Waals surface area contributed by atoms with E-state index in [0.29, 0.717) is 11.7 Å². The van der Waals surface area contributed by atoms with E-state index < -0.39 is 0 Å². The predicted octanol–water partition coefficient (Wildman–Crippen LogP) is 1.94. The fourth-order valence-corrected chi connectivity index (χ4v) is 2.69. The molecule has 1 heterocycles. The standard InChI is InChI=1S/C14H18N4O2S/c1-4-18-13(10-5-7-11(20-3)8-6-10)16-17-14(18)21-9(2)12(15)19/h5-9H,4H2,1-3H3,(H2,15,19).